The van der Waals surface area contributed by atoms with Crippen LogP contribution in [0.5, 0.6) is 0 Å². The van der Waals surface area contributed by atoms with E-state index in [0.29, 0.717) is 12.6 Å². The molecule has 0 aromatic rings. The summed E-state index contributed by atoms with van der Waals surface area (Å²) in [4.78, 5) is 0. The highest BCUT2D eigenvalue weighted by atomic mass is 16.2. The van der Waals surface area contributed by atoms with E-state index < -0.39 is 0 Å². The highest BCUT2D eigenvalue weighted by molar-refractivity contribution is 4.94. The molecule has 3 nitrogen and oxygen atoms in total. The first kappa shape index (κ1) is 13.5. The number of hydrogen-bond acceptors (Lipinski definition) is 3. The van der Waals surface area contributed by atoms with Crippen LogP contribution in [0, 0.1) is 17.2 Å². The van der Waals surface area contributed by atoms with Crippen molar-refractivity contribution in [2.24, 2.45) is 5.92 Å². The zero-order valence-electron chi connectivity index (χ0n) is 10.1. The second-order valence-corrected chi connectivity index (χ2v) is 4.72. The van der Waals surface area contributed by atoms with Crippen LogP contribution in [0.1, 0.15) is 51.4 Å². The van der Waals surface area contributed by atoms with Gasteiger partial charge in [-0.1, -0.05) is 25.7 Å². The van der Waals surface area contributed by atoms with Gasteiger partial charge in [-0.05, 0) is 32.2 Å². The molecule has 1 saturated carbocycles. The third-order valence-corrected chi connectivity index (χ3v) is 3.42. The zero-order valence-corrected chi connectivity index (χ0v) is 10.1. The van der Waals surface area contributed by atoms with Gasteiger partial charge in [-0.3, -0.25) is 0 Å². The summed E-state index contributed by atoms with van der Waals surface area (Å²) in [6, 6.07) is 2.85. The maximum absolute atomic E-state index is 9.02. The number of aliphatic hydroxyl groups is 1. The maximum atomic E-state index is 9.02. The average molecular weight is 224 g/mol. The normalized spacial score (nSPS) is 25.2. The molecule has 16 heavy (non-hydrogen) atoms. The van der Waals surface area contributed by atoms with Crippen LogP contribution in [0.2, 0.25) is 0 Å². The van der Waals surface area contributed by atoms with E-state index >= 15 is 0 Å². The monoisotopic (exact) mass is 224 g/mol. The molecule has 0 aromatic heterocycles. The van der Waals surface area contributed by atoms with Crippen LogP contribution >= 0.6 is 0 Å². The number of nitrogens with one attached hydrogen (secondary N) is 1. The molecule has 0 spiro atoms. The van der Waals surface area contributed by atoms with Gasteiger partial charge in [0, 0.05) is 12.6 Å². The summed E-state index contributed by atoms with van der Waals surface area (Å²) >= 11 is 0. The topological polar surface area (TPSA) is 56.0 Å². The van der Waals surface area contributed by atoms with Gasteiger partial charge in [0.1, 0.15) is 0 Å². The van der Waals surface area contributed by atoms with E-state index in [-0.39, 0.29) is 5.92 Å². The molecule has 0 aromatic carbocycles. The molecular weight excluding hydrogens is 200 g/mol. The zero-order chi connectivity index (χ0) is 11.6. The summed E-state index contributed by atoms with van der Waals surface area (Å²) < 4.78 is 0. The minimum absolute atomic E-state index is 0.228. The summed E-state index contributed by atoms with van der Waals surface area (Å²) in [6.45, 7) is 1.33. The van der Waals surface area contributed by atoms with E-state index in [2.05, 4.69) is 11.4 Å². The SMILES string of the molecule is N#CC1CCCCC1NCCCCCCO. The molecule has 0 radical (unpaired) electrons. The first-order chi connectivity index (χ1) is 7.88. The van der Waals surface area contributed by atoms with Crippen molar-refractivity contribution in [2.45, 2.75) is 57.4 Å². The minimum Gasteiger partial charge on any atom is -0.396 e. The number of rotatable bonds is 7. The molecule has 3 heteroatoms. The Morgan fingerprint density at radius 1 is 1.12 bits per heavy atom. The molecule has 0 heterocycles. The van der Waals surface area contributed by atoms with Gasteiger partial charge in [-0.25, -0.2) is 0 Å². The van der Waals surface area contributed by atoms with Crippen molar-refractivity contribution >= 4 is 0 Å². The molecule has 1 aliphatic carbocycles. The largest absolute Gasteiger partial charge is 0.396 e. The van der Waals surface area contributed by atoms with Crippen LogP contribution in [-0.4, -0.2) is 24.3 Å². The van der Waals surface area contributed by atoms with Gasteiger partial charge in [0.15, 0.2) is 0 Å². The summed E-state index contributed by atoms with van der Waals surface area (Å²) in [5.41, 5.74) is 0. The van der Waals surface area contributed by atoms with E-state index in [9.17, 15) is 0 Å². The van der Waals surface area contributed by atoms with Crippen LogP contribution in [0.25, 0.3) is 0 Å². The summed E-state index contributed by atoms with van der Waals surface area (Å²) in [6.07, 6.45) is 9.09. The highest BCUT2D eigenvalue weighted by Crippen LogP contribution is 2.23. The van der Waals surface area contributed by atoms with Crippen LogP contribution in [0.15, 0.2) is 0 Å². The maximum Gasteiger partial charge on any atom is 0.0672 e. The molecule has 0 saturated heterocycles. The molecule has 1 rings (SSSR count). The van der Waals surface area contributed by atoms with Gasteiger partial charge < -0.3 is 10.4 Å². The van der Waals surface area contributed by atoms with Crippen molar-refractivity contribution in [2.75, 3.05) is 13.2 Å². The number of hydrogen-bond donors (Lipinski definition) is 2. The standard InChI is InChI=1S/C13H24N2O/c14-11-12-7-3-4-8-13(12)15-9-5-1-2-6-10-16/h12-13,15-16H,1-10H2. The molecule has 0 bridgehead atoms. The highest BCUT2D eigenvalue weighted by Gasteiger charge is 2.23. The summed E-state index contributed by atoms with van der Waals surface area (Å²) in [5.74, 6) is 0.228. The second kappa shape index (κ2) is 8.55. The van der Waals surface area contributed by atoms with E-state index in [0.717, 1.165) is 38.6 Å². The number of unbranched alkanes of at least 4 members (excludes halogenated alkanes) is 3. The predicted octanol–water partition coefficient (Wildman–Crippen LogP) is 2.21. The first-order valence-electron chi connectivity index (χ1n) is 6.62. The van der Waals surface area contributed by atoms with Gasteiger partial charge in [-0.2, -0.15) is 5.26 Å². The Hall–Kier alpha value is -0.590. The van der Waals surface area contributed by atoms with Crippen LogP contribution in [0.4, 0.5) is 0 Å². The van der Waals surface area contributed by atoms with E-state index in [1.165, 1.54) is 19.3 Å². The van der Waals surface area contributed by atoms with Crippen molar-refractivity contribution in [3.8, 4) is 6.07 Å². The quantitative estimate of drug-likeness (QED) is 0.652. The first-order valence-corrected chi connectivity index (χ1v) is 6.62. The lowest BCUT2D eigenvalue weighted by Gasteiger charge is -2.27. The van der Waals surface area contributed by atoms with Gasteiger partial charge in [-0.15, -0.1) is 0 Å². The van der Waals surface area contributed by atoms with Crippen molar-refractivity contribution in [1.82, 2.24) is 5.32 Å². The average Bonchev–Trinajstić information content (AvgIpc) is 2.34. The molecule has 92 valence electrons. The molecule has 1 aliphatic rings. The summed E-state index contributed by atoms with van der Waals surface area (Å²) in [5, 5.41) is 21.2. The van der Waals surface area contributed by atoms with Gasteiger partial charge >= 0.3 is 0 Å². The van der Waals surface area contributed by atoms with Gasteiger partial charge in [0.25, 0.3) is 0 Å². The van der Waals surface area contributed by atoms with E-state index in [4.69, 9.17) is 10.4 Å². The van der Waals surface area contributed by atoms with E-state index in [1.54, 1.807) is 0 Å². The molecule has 0 aliphatic heterocycles. The van der Waals surface area contributed by atoms with Crippen LogP contribution in [0.3, 0.4) is 0 Å². The van der Waals surface area contributed by atoms with Gasteiger partial charge in [0.2, 0.25) is 0 Å². The number of nitriles is 1. The molecule has 2 unspecified atom stereocenters. The lowest BCUT2D eigenvalue weighted by Crippen LogP contribution is -2.38. The van der Waals surface area contributed by atoms with Gasteiger partial charge in [0.05, 0.1) is 12.0 Å². The Kier molecular flexibility index (Phi) is 7.20. The van der Waals surface area contributed by atoms with Crippen molar-refractivity contribution in [3.63, 3.8) is 0 Å². The third-order valence-electron chi connectivity index (χ3n) is 3.42. The Balaban J connectivity index is 2.04. The fraction of sp³-hybridized carbons (Fsp3) is 0.923. The molecule has 1 fully saturated rings. The Bertz CT molecular complexity index is 212. The van der Waals surface area contributed by atoms with Crippen molar-refractivity contribution < 1.29 is 5.11 Å². The second-order valence-electron chi connectivity index (χ2n) is 4.72. The number of aliphatic hydroxyl groups excluding tert-OH is 1. The molecular formula is C13H24N2O. The molecule has 2 N–H and O–H groups in total. The number of nitrogens with zero attached hydrogens (tertiary/aromatic N) is 1. The molecule has 0 amide bonds. The summed E-state index contributed by atoms with van der Waals surface area (Å²) in [7, 11) is 0. The molecule has 2 atom stereocenters. The third kappa shape index (κ3) is 4.96. The van der Waals surface area contributed by atoms with Crippen molar-refractivity contribution in [3.05, 3.63) is 0 Å². The fourth-order valence-electron chi connectivity index (χ4n) is 2.41. The minimum atomic E-state index is 0.228. The lowest BCUT2D eigenvalue weighted by molar-refractivity contribution is 0.280. The Morgan fingerprint density at radius 3 is 2.62 bits per heavy atom. The Morgan fingerprint density at radius 2 is 1.88 bits per heavy atom. The predicted molar refractivity (Wildman–Crippen MR) is 64.9 cm³/mol. The fourth-order valence-corrected chi connectivity index (χ4v) is 2.41. The smallest absolute Gasteiger partial charge is 0.0672 e. The van der Waals surface area contributed by atoms with Crippen LogP contribution < -0.4 is 5.32 Å². The Labute approximate surface area is 98.8 Å². The van der Waals surface area contributed by atoms with Crippen molar-refractivity contribution in [1.29, 1.82) is 5.26 Å². The van der Waals surface area contributed by atoms with Crippen LogP contribution in [-0.2, 0) is 0 Å². The lowest BCUT2D eigenvalue weighted by atomic mass is 9.85. The van der Waals surface area contributed by atoms with E-state index in [1.807, 2.05) is 0 Å².